The van der Waals surface area contributed by atoms with E-state index in [0.29, 0.717) is 13.0 Å². The Hall–Kier alpha value is -0.840. The largest absolute Gasteiger partial charge is 0.337 e. The molecule has 0 aromatic carbocycles. The lowest BCUT2D eigenvalue weighted by Gasteiger charge is -2.21. The van der Waals surface area contributed by atoms with E-state index < -0.39 is 0 Å². The van der Waals surface area contributed by atoms with Crippen molar-refractivity contribution < 1.29 is 4.79 Å². The van der Waals surface area contributed by atoms with Crippen LogP contribution in [-0.4, -0.2) is 27.1 Å². The maximum absolute atomic E-state index is 12.1. The standard InChI is InChI=1S/C14H22BrN3O/c1-3-11-14(15)12(18(4-2)16-11)10-17-9-7-5-6-8-13(17)19/h3-10H2,1-2H3. The highest BCUT2D eigenvalue weighted by Gasteiger charge is 2.21. The zero-order valence-corrected chi connectivity index (χ0v) is 13.4. The van der Waals surface area contributed by atoms with E-state index in [9.17, 15) is 4.79 Å². The van der Waals surface area contributed by atoms with Crippen molar-refractivity contribution in [3.8, 4) is 0 Å². The third-order valence-corrected chi connectivity index (χ3v) is 4.62. The average molecular weight is 328 g/mol. The number of amides is 1. The van der Waals surface area contributed by atoms with Crippen molar-refractivity contribution in [2.24, 2.45) is 0 Å². The first-order valence-electron chi connectivity index (χ1n) is 7.19. The first-order valence-corrected chi connectivity index (χ1v) is 7.98. The lowest BCUT2D eigenvalue weighted by molar-refractivity contribution is -0.131. The number of carbonyl (C=O) groups is 1. The van der Waals surface area contributed by atoms with Crippen LogP contribution in [0.25, 0.3) is 0 Å². The van der Waals surface area contributed by atoms with Gasteiger partial charge in [-0.25, -0.2) is 0 Å². The summed E-state index contributed by atoms with van der Waals surface area (Å²) in [5.41, 5.74) is 2.22. The summed E-state index contributed by atoms with van der Waals surface area (Å²) in [7, 11) is 0. The summed E-state index contributed by atoms with van der Waals surface area (Å²) in [6, 6.07) is 0. The minimum atomic E-state index is 0.284. The van der Waals surface area contributed by atoms with Crippen LogP contribution in [0.1, 0.15) is 50.9 Å². The Morgan fingerprint density at radius 1 is 1.26 bits per heavy atom. The van der Waals surface area contributed by atoms with E-state index in [4.69, 9.17) is 0 Å². The zero-order valence-electron chi connectivity index (χ0n) is 11.8. The molecule has 5 heteroatoms. The molecule has 1 fully saturated rings. The summed E-state index contributed by atoms with van der Waals surface area (Å²) < 4.78 is 3.09. The van der Waals surface area contributed by atoms with Gasteiger partial charge in [-0.3, -0.25) is 9.48 Å². The number of hydrogen-bond donors (Lipinski definition) is 0. The molecule has 1 saturated heterocycles. The Bertz CT molecular complexity index is 456. The van der Waals surface area contributed by atoms with Crippen molar-refractivity contribution >= 4 is 21.8 Å². The SMILES string of the molecule is CCc1nn(CC)c(CN2CCCCCC2=O)c1Br. The Morgan fingerprint density at radius 3 is 2.74 bits per heavy atom. The molecule has 0 saturated carbocycles. The van der Waals surface area contributed by atoms with Gasteiger partial charge in [0.15, 0.2) is 0 Å². The van der Waals surface area contributed by atoms with Gasteiger partial charge >= 0.3 is 0 Å². The molecule has 1 amide bonds. The smallest absolute Gasteiger partial charge is 0.222 e. The van der Waals surface area contributed by atoms with Gasteiger partial charge in [-0.2, -0.15) is 5.10 Å². The molecule has 0 bridgehead atoms. The van der Waals surface area contributed by atoms with Crippen molar-refractivity contribution in [3.63, 3.8) is 0 Å². The minimum Gasteiger partial charge on any atom is -0.337 e. The monoisotopic (exact) mass is 327 g/mol. The van der Waals surface area contributed by atoms with Gasteiger partial charge in [0.05, 0.1) is 22.4 Å². The van der Waals surface area contributed by atoms with E-state index in [1.54, 1.807) is 0 Å². The summed E-state index contributed by atoms with van der Waals surface area (Å²) in [6.07, 6.45) is 4.91. The highest BCUT2D eigenvalue weighted by molar-refractivity contribution is 9.10. The van der Waals surface area contributed by atoms with Crippen molar-refractivity contribution in [2.75, 3.05) is 6.54 Å². The molecule has 2 rings (SSSR count). The molecule has 2 heterocycles. The van der Waals surface area contributed by atoms with Gasteiger partial charge in [-0.15, -0.1) is 0 Å². The maximum Gasteiger partial charge on any atom is 0.222 e. The van der Waals surface area contributed by atoms with Crippen molar-refractivity contribution in [1.82, 2.24) is 14.7 Å². The molecular formula is C14H22BrN3O. The van der Waals surface area contributed by atoms with E-state index in [1.165, 1.54) is 0 Å². The van der Waals surface area contributed by atoms with Crippen LogP contribution in [0.2, 0.25) is 0 Å². The molecule has 1 aromatic rings. The average Bonchev–Trinajstić information content (AvgIpc) is 2.57. The lowest BCUT2D eigenvalue weighted by Crippen LogP contribution is -2.30. The predicted molar refractivity (Wildman–Crippen MR) is 78.9 cm³/mol. The van der Waals surface area contributed by atoms with Crippen LogP contribution in [0.4, 0.5) is 0 Å². The highest BCUT2D eigenvalue weighted by Crippen LogP contribution is 2.25. The summed E-state index contributed by atoms with van der Waals surface area (Å²) in [6.45, 7) is 6.60. The predicted octanol–water partition coefficient (Wildman–Crippen LogP) is 3.13. The summed E-state index contributed by atoms with van der Waals surface area (Å²) in [5, 5.41) is 4.59. The van der Waals surface area contributed by atoms with Crippen LogP contribution < -0.4 is 0 Å². The fraction of sp³-hybridized carbons (Fsp3) is 0.714. The van der Waals surface area contributed by atoms with Crippen LogP contribution in [0.3, 0.4) is 0 Å². The molecule has 0 atom stereocenters. The highest BCUT2D eigenvalue weighted by atomic mass is 79.9. The molecule has 1 aliphatic heterocycles. The first-order chi connectivity index (χ1) is 9.17. The first kappa shape index (κ1) is 14.6. The quantitative estimate of drug-likeness (QED) is 0.852. The lowest BCUT2D eigenvalue weighted by atomic mass is 10.2. The second kappa shape index (κ2) is 6.55. The molecule has 19 heavy (non-hydrogen) atoms. The van der Waals surface area contributed by atoms with Crippen molar-refractivity contribution in [2.45, 2.75) is 59.0 Å². The molecule has 0 aliphatic carbocycles. The maximum atomic E-state index is 12.1. The van der Waals surface area contributed by atoms with Crippen LogP contribution in [0.15, 0.2) is 4.47 Å². The topological polar surface area (TPSA) is 38.1 Å². The summed E-state index contributed by atoms with van der Waals surface area (Å²) >= 11 is 3.65. The Morgan fingerprint density at radius 2 is 2.05 bits per heavy atom. The third kappa shape index (κ3) is 3.19. The Balaban J connectivity index is 2.21. The van der Waals surface area contributed by atoms with E-state index in [2.05, 4.69) is 34.9 Å². The van der Waals surface area contributed by atoms with Gasteiger partial charge < -0.3 is 4.90 Å². The van der Waals surface area contributed by atoms with Gasteiger partial charge in [-0.05, 0) is 42.1 Å². The molecule has 106 valence electrons. The van der Waals surface area contributed by atoms with Gasteiger partial charge in [0.2, 0.25) is 5.91 Å². The number of hydrogen-bond acceptors (Lipinski definition) is 2. The number of likely N-dealkylation sites (tertiary alicyclic amines) is 1. The molecule has 1 aromatic heterocycles. The van der Waals surface area contributed by atoms with Crippen LogP contribution in [0, 0.1) is 0 Å². The van der Waals surface area contributed by atoms with E-state index >= 15 is 0 Å². The number of nitrogens with zero attached hydrogens (tertiary/aromatic N) is 3. The number of aromatic nitrogens is 2. The Labute approximate surface area is 123 Å². The van der Waals surface area contributed by atoms with E-state index in [-0.39, 0.29) is 5.91 Å². The molecule has 4 nitrogen and oxygen atoms in total. The second-order valence-electron chi connectivity index (χ2n) is 5.00. The molecule has 0 N–H and O–H groups in total. The van der Waals surface area contributed by atoms with Crippen LogP contribution in [-0.2, 0) is 24.3 Å². The van der Waals surface area contributed by atoms with E-state index in [0.717, 1.165) is 54.6 Å². The molecule has 0 spiro atoms. The van der Waals surface area contributed by atoms with E-state index in [1.807, 2.05) is 9.58 Å². The fourth-order valence-corrected chi connectivity index (χ4v) is 3.24. The van der Waals surface area contributed by atoms with Crippen LogP contribution in [0.5, 0.6) is 0 Å². The fourth-order valence-electron chi connectivity index (χ4n) is 2.55. The zero-order chi connectivity index (χ0) is 13.8. The number of halogens is 1. The van der Waals surface area contributed by atoms with Crippen molar-refractivity contribution in [1.29, 1.82) is 0 Å². The molecule has 1 aliphatic rings. The normalized spacial score (nSPS) is 16.8. The Kier molecular flexibility index (Phi) is 5.02. The summed E-state index contributed by atoms with van der Waals surface area (Å²) in [4.78, 5) is 14.1. The minimum absolute atomic E-state index is 0.284. The van der Waals surface area contributed by atoms with Gasteiger partial charge in [0.1, 0.15) is 0 Å². The van der Waals surface area contributed by atoms with Crippen molar-refractivity contribution in [3.05, 3.63) is 15.9 Å². The molecular weight excluding hydrogens is 306 g/mol. The number of carbonyl (C=O) groups excluding carboxylic acids is 1. The van der Waals surface area contributed by atoms with Gasteiger partial charge in [0, 0.05) is 19.5 Å². The third-order valence-electron chi connectivity index (χ3n) is 3.71. The van der Waals surface area contributed by atoms with Gasteiger partial charge in [-0.1, -0.05) is 13.3 Å². The molecule has 0 unspecified atom stereocenters. The number of rotatable bonds is 4. The second-order valence-corrected chi connectivity index (χ2v) is 5.80. The van der Waals surface area contributed by atoms with Gasteiger partial charge in [0.25, 0.3) is 0 Å². The number of aryl methyl sites for hydroxylation is 2. The summed E-state index contributed by atoms with van der Waals surface area (Å²) in [5.74, 6) is 0.284. The molecule has 0 radical (unpaired) electrons. The van der Waals surface area contributed by atoms with Crippen LogP contribution >= 0.6 is 15.9 Å².